The number of carbonyl (C=O) groups is 3. The number of nitrogens with zero attached hydrogens (tertiary/aromatic N) is 1. The third-order valence-electron chi connectivity index (χ3n) is 4.71. The Morgan fingerprint density at radius 3 is 2.53 bits per heavy atom. The molecule has 1 heterocycles. The van der Waals surface area contributed by atoms with Crippen molar-refractivity contribution in [3.05, 3.63) is 46.4 Å². The Kier molecular flexibility index (Phi) is 10.1. The highest BCUT2D eigenvalue weighted by Crippen LogP contribution is 2.40. The quantitative estimate of drug-likeness (QED) is 0.280. The van der Waals surface area contributed by atoms with Crippen LogP contribution in [-0.4, -0.2) is 47.2 Å². The third-order valence-corrected chi connectivity index (χ3v) is 6.69. The van der Waals surface area contributed by atoms with Crippen LogP contribution in [0.25, 0.3) is 0 Å². The Morgan fingerprint density at radius 2 is 1.93 bits per heavy atom. The Hall–Kier alpha value is -1.64. The molecule has 0 fully saturated rings. The second kappa shape index (κ2) is 12.3. The van der Waals surface area contributed by atoms with Gasteiger partial charge in [0.2, 0.25) is 0 Å². The molecule has 0 radical (unpaired) electrons. The molecule has 0 amide bonds. The topological polar surface area (TPSA) is 72.9 Å². The van der Waals surface area contributed by atoms with Crippen LogP contribution in [0.3, 0.4) is 0 Å². The average Bonchev–Trinajstić information content (AvgIpc) is 2.72. The molecule has 0 saturated heterocycles. The number of esters is 2. The Labute approximate surface area is 190 Å². The number of alkyl halides is 1. The Morgan fingerprint density at radius 1 is 1.23 bits per heavy atom. The minimum absolute atomic E-state index is 0.0783. The second-order valence-corrected chi connectivity index (χ2v) is 9.09. The fourth-order valence-corrected chi connectivity index (χ4v) is 5.35. The second-order valence-electron chi connectivity index (χ2n) is 6.88. The molecule has 0 saturated carbocycles. The molecule has 0 aliphatic carbocycles. The fourth-order valence-electron chi connectivity index (χ4n) is 3.33. The molecule has 1 aromatic carbocycles. The number of hydrogen-bond donors (Lipinski definition) is 0. The molecular weight excluding hydrogens is 470 g/mol. The van der Waals surface area contributed by atoms with Gasteiger partial charge in [0.15, 0.2) is 5.12 Å². The number of carbonyl (C=O) groups excluding carboxylic acids is 3. The lowest BCUT2D eigenvalue weighted by Crippen LogP contribution is -2.43. The summed E-state index contributed by atoms with van der Waals surface area (Å²) in [7, 11) is 1.37. The van der Waals surface area contributed by atoms with Crippen LogP contribution in [0, 0.1) is 0 Å². The number of rotatable bonds is 9. The summed E-state index contributed by atoms with van der Waals surface area (Å²) in [4.78, 5) is 39.8. The van der Waals surface area contributed by atoms with Crippen molar-refractivity contribution in [2.45, 2.75) is 50.5 Å². The number of benzene rings is 1. The van der Waals surface area contributed by atoms with Crippen molar-refractivity contribution in [1.82, 2.24) is 4.90 Å². The standard InChI is InChI=1S/C22H28BrNO5S/c1-4-9-20(26)30-17-13-18(23)24(14-16(17)12-19(25)29-5-2)21(22(27)28-3)15-10-7-6-8-11-15/h6-8,10-11,18,21H,4-5,9,12-14H2,1-3H3/t18?,21-/m0/s1. The molecular formula is C22H28BrNO5S. The van der Waals surface area contributed by atoms with Crippen LogP contribution in [0.15, 0.2) is 40.8 Å². The largest absolute Gasteiger partial charge is 0.468 e. The van der Waals surface area contributed by atoms with Gasteiger partial charge in [0.25, 0.3) is 0 Å². The fraction of sp³-hybridized carbons (Fsp3) is 0.500. The van der Waals surface area contributed by atoms with Gasteiger partial charge in [-0.3, -0.25) is 14.5 Å². The first-order chi connectivity index (χ1) is 14.4. The molecule has 8 heteroatoms. The molecule has 6 nitrogen and oxygen atoms in total. The maximum atomic E-state index is 12.7. The normalized spacial score (nSPS) is 18.1. The van der Waals surface area contributed by atoms with Crippen molar-refractivity contribution in [2.75, 3.05) is 20.3 Å². The van der Waals surface area contributed by atoms with Gasteiger partial charge in [-0.1, -0.05) is 64.9 Å². The van der Waals surface area contributed by atoms with E-state index >= 15 is 0 Å². The molecule has 2 atom stereocenters. The minimum atomic E-state index is -0.629. The van der Waals surface area contributed by atoms with E-state index in [0.717, 1.165) is 22.5 Å². The summed E-state index contributed by atoms with van der Waals surface area (Å²) in [5.74, 6) is -0.713. The van der Waals surface area contributed by atoms with Crippen molar-refractivity contribution in [3.8, 4) is 0 Å². The van der Waals surface area contributed by atoms with Crippen molar-refractivity contribution < 1.29 is 23.9 Å². The molecule has 1 unspecified atom stereocenters. The van der Waals surface area contributed by atoms with Crippen LogP contribution in [0.5, 0.6) is 0 Å². The summed E-state index contributed by atoms with van der Waals surface area (Å²) in [5, 5.41) is 0.0783. The first-order valence-corrected chi connectivity index (χ1v) is 11.7. The predicted molar refractivity (Wildman–Crippen MR) is 121 cm³/mol. The molecule has 30 heavy (non-hydrogen) atoms. The number of methoxy groups -OCH3 is 1. The van der Waals surface area contributed by atoms with Crippen LogP contribution in [0.4, 0.5) is 0 Å². The van der Waals surface area contributed by atoms with Crippen molar-refractivity contribution in [3.63, 3.8) is 0 Å². The van der Waals surface area contributed by atoms with Crippen LogP contribution in [-0.2, 0) is 23.9 Å². The summed E-state index contributed by atoms with van der Waals surface area (Å²) < 4.78 is 10.2. The Balaban J connectivity index is 2.38. The lowest BCUT2D eigenvalue weighted by Gasteiger charge is -2.39. The van der Waals surface area contributed by atoms with E-state index in [0.29, 0.717) is 26.0 Å². The first-order valence-electron chi connectivity index (χ1n) is 10.0. The number of thioether (sulfide) groups is 1. The zero-order chi connectivity index (χ0) is 22.1. The molecule has 0 spiro atoms. The third kappa shape index (κ3) is 6.68. The van der Waals surface area contributed by atoms with Gasteiger partial charge in [-0.2, -0.15) is 0 Å². The van der Waals surface area contributed by atoms with Gasteiger partial charge in [0, 0.05) is 19.4 Å². The van der Waals surface area contributed by atoms with E-state index in [1.807, 2.05) is 42.2 Å². The van der Waals surface area contributed by atoms with E-state index in [4.69, 9.17) is 9.47 Å². The van der Waals surface area contributed by atoms with E-state index in [-0.39, 0.29) is 28.4 Å². The molecule has 164 valence electrons. The number of halogens is 1. The highest BCUT2D eigenvalue weighted by atomic mass is 79.9. The van der Waals surface area contributed by atoms with Crippen LogP contribution >= 0.6 is 27.7 Å². The number of hydrogen-bond acceptors (Lipinski definition) is 7. The molecule has 1 aliphatic heterocycles. The van der Waals surface area contributed by atoms with Gasteiger partial charge in [0.05, 0.1) is 25.1 Å². The zero-order valence-corrected chi connectivity index (χ0v) is 20.0. The molecule has 1 aromatic rings. The van der Waals surface area contributed by atoms with E-state index in [1.54, 1.807) is 6.92 Å². The average molecular weight is 498 g/mol. The van der Waals surface area contributed by atoms with Crippen molar-refractivity contribution >= 4 is 44.7 Å². The molecule has 1 aliphatic rings. The lowest BCUT2D eigenvalue weighted by atomic mass is 10.00. The van der Waals surface area contributed by atoms with Gasteiger partial charge in [0.1, 0.15) is 6.04 Å². The number of ether oxygens (including phenoxy) is 2. The van der Waals surface area contributed by atoms with E-state index in [9.17, 15) is 14.4 Å². The summed E-state index contributed by atoms with van der Waals surface area (Å²) in [6.07, 6.45) is 1.85. The van der Waals surface area contributed by atoms with Crippen LogP contribution in [0.1, 0.15) is 51.1 Å². The van der Waals surface area contributed by atoms with Gasteiger partial charge in [-0.15, -0.1) is 0 Å². The van der Waals surface area contributed by atoms with E-state index in [2.05, 4.69) is 15.9 Å². The maximum absolute atomic E-state index is 12.7. The molecule has 2 rings (SSSR count). The molecule has 0 aromatic heterocycles. The van der Waals surface area contributed by atoms with Crippen molar-refractivity contribution in [2.24, 2.45) is 0 Å². The summed E-state index contributed by atoms with van der Waals surface area (Å²) in [6.45, 7) is 4.37. The van der Waals surface area contributed by atoms with Crippen molar-refractivity contribution in [1.29, 1.82) is 0 Å². The van der Waals surface area contributed by atoms with Gasteiger partial charge in [-0.05, 0) is 29.4 Å². The predicted octanol–water partition coefficient (Wildman–Crippen LogP) is 4.59. The van der Waals surface area contributed by atoms with E-state index in [1.165, 1.54) is 18.9 Å². The zero-order valence-electron chi connectivity index (χ0n) is 17.6. The van der Waals surface area contributed by atoms with Gasteiger partial charge in [-0.25, -0.2) is 4.79 Å². The van der Waals surface area contributed by atoms with Gasteiger partial charge < -0.3 is 9.47 Å². The minimum Gasteiger partial charge on any atom is -0.468 e. The lowest BCUT2D eigenvalue weighted by molar-refractivity contribution is -0.147. The summed E-state index contributed by atoms with van der Waals surface area (Å²) in [6, 6.07) is 8.77. The molecule has 0 N–H and O–H groups in total. The SMILES string of the molecule is CCCC(=O)SC1=C(CC(=O)OCC)CN([C@H](C(=O)OC)c2ccccc2)C(Br)C1. The highest BCUT2D eigenvalue weighted by Gasteiger charge is 2.37. The van der Waals surface area contributed by atoms with Crippen LogP contribution < -0.4 is 0 Å². The molecule has 0 bridgehead atoms. The summed E-state index contributed by atoms with van der Waals surface area (Å²) >= 11 is 4.89. The van der Waals surface area contributed by atoms with Crippen LogP contribution in [0.2, 0.25) is 0 Å². The highest BCUT2D eigenvalue weighted by molar-refractivity contribution is 9.09. The smallest absolute Gasteiger partial charge is 0.327 e. The van der Waals surface area contributed by atoms with Gasteiger partial charge >= 0.3 is 11.9 Å². The van der Waals surface area contributed by atoms with E-state index < -0.39 is 6.04 Å². The maximum Gasteiger partial charge on any atom is 0.327 e. The summed E-state index contributed by atoms with van der Waals surface area (Å²) in [5.41, 5.74) is 1.62. The first kappa shape index (κ1) is 24.6. The Bertz CT molecular complexity index is 783. The monoisotopic (exact) mass is 497 g/mol.